The van der Waals surface area contributed by atoms with E-state index in [4.69, 9.17) is 34.8 Å². The Morgan fingerprint density at radius 1 is 1.22 bits per heavy atom. The van der Waals surface area contributed by atoms with Crippen molar-refractivity contribution in [3.8, 4) is 0 Å². The van der Waals surface area contributed by atoms with Crippen LogP contribution in [-0.2, 0) is 13.0 Å². The molecule has 1 fully saturated rings. The first-order valence-corrected chi connectivity index (χ1v) is 7.38. The highest BCUT2D eigenvalue weighted by Crippen LogP contribution is 2.34. The standard InChI is InChI=1S/C13H13Cl3N2/c14-4-3-13-17-11-5-9(15)10(16)6-12(11)18(13)7-8-1-2-8/h5-6,8H,1-4,7H2. The van der Waals surface area contributed by atoms with Gasteiger partial charge in [-0.1, -0.05) is 23.2 Å². The molecule has 1 saturated carbocycles. The summed E-state index contributed by atoms with van der Waals surface area (Å²) in [5.74, 6) is 2.39. The molecule has 1 aromatic heterocycles. The summed E-state index contributed by atoms with van der Waals surface area (Å²) in [4.78, 5) is 4.62. The summed E-state index contributed by atoms with van der Waals surface area (Å²) in [6.07, 6.45) is 3.39. The van der Waals surface area contributed by atoms with Gasteiger partial charge in [0.1, 0.15) is 5.82 Å². The first kappa shape index (κ1) is 12.6. The number of alkyl halides is 1. The topological polar surface area (TPSA) is 17.8 Å². The van der Waals surface area contributed by atoms with Gasteiger partial charge in [-0.25, -0.2) is 4.98 Å². The molecule has 0 unspecified atom stereocenters. The van der Waals surface area contributed by atoms with Gasteiger partial charge >= 0.3 is 0 Å². The van der Waals surface area contributed by atoms with E-state index in [9.17, 15) is 0 Å². The Kier molecular flexibility index (Phi) is 3.44. The first-order chi connectivity index (χ1) is 8.69. The van der Waals surface area contributed by atoms with Crippen LogP contribution < -0.4 is 0 Å². The Bertz CT molecular complexity index is 587. The molecule has 1 aliphatic rings. The Balaban J connectivity index is 2.13. The zero-order valence-electron chi connectivity index (χ0n) is 9.80. The summed E-state index contributed by atoms with van der Waals surface area (Å²) in [7, 11) is 0. The highest BCUT2D eigenvalue weighted by Gasteiger charge is 2.24. The van der Waals surface area contributed by atoms with E-state index >= 15 is 0 Å². The highest BCUT2D eigenvalue weighted by atomic mass is 35.5. The minimum Gasteiger partial charge on any atom is -0.328 e. The molecule has 5 heteroatoms. The lowest BCUT2D eigenvalue weighted by Crippen LogP contribution is -2.06. The second-order valence-electron chi connectivity index (χ2n) is 4.78. The van der Waals surface area contributed by atoms with Crippen LogP contribution >= 0.6 is 34.8 Å². The molecule has 18 heavy (non-hydrogen) atoms. The van der Waals surface area contributed by atoms with Crippen LogP contribution in [0.25, 0.3) is 11.0 Å². The van der Waals surface area contributed by atoms with Crippen LogP contribution in [0.5, 0.6) is 0 Å². The third-order valence-electron chi connectivity index (χ3n) is 3.33. The molecule has 0 N–H and O–H groups in total. The number of aromatic nitrogens is 2. The molecule has 0 spiro atoms. The predicted octanol–water partition coefficient (Wildman–Crippen LogP) is 4.53. The van der Waals surface area contributed by atoms with Crippen LogP contribution in [0.4, 0.5) is 0 Å². The number of benzene rings is 1. The average Bonchev–Trinajstić information content (AvgIpc) is 3.09. The lowest BCUT2D eigenvalue weighted by molar-refractivity contribution is 0.615. The molecule has 0 amide bonds. The summed E-state index contributed by atoms with van der Waals surface area (Å²) < 4.78 is 2.25. The van der Waals surface area contributed by atoms with Crippen molar-refractivity contribution in [2.75, 3.05) is 5.88 Å². The molecule has 2 nitrogen and oxygen atoms in total. The smallest absolute Gasteiger partial charge is 0.111 e. The second-order valence-corrected chi connectivity index (χ2v) is 5.97. The molecule has 0 aliphatic heterocycles. The van der Waals surface area contributed by atoms with Gasteiger partial charge in [-0.05, 0) is 30.9 Å². The SMILES string of the molecule is ClCCc1nc2cc(Cl)c(Cl)cc2n1CC1CC1. The van der Waals surface area contributed by atoms with Gasteiger partial charge in [0.25, 0.3) is 0 Å². The van der Waals surface area contributed by atoms with Crippen molar-refractivity contribution < 1.29 is 0 Å². The fourth-order valence-corrected chi connectivity index (χ4v) is 2.69. The van der Waals surface area contributed by atoms with Crippen molar-refractivity contribution in [1.82, 2.24) is 9.55 Å². The summed E-state index contributed by atoms with van der Waals surface area (Å²) in [6, 6.07) is 3.74. The van der Waals surface area contributed by atoms with E-state index in [0.717, 1.165) is 35.7 Å². The third-order valence-corrected chi connectivity index (χ3v) is 4.24. The van der Waals surface area contributed by atoms with Crippen molar-refractivity contribution in [2.45, 2.75) is 25.8 Å². The third kappa shape index (κ3) is 2.34. The quantitative estimate of drug-likeness (QED) is 0.759. The maximum Gasteiger partial charge on any atom is 0.111 e. The van der Waals surface area contributed by atoms with E-state index in [0.29, 0.717) is 15.9 Å². The summed E-state index contributed by atoms with van der Waals surface area (Å²) in [6.45, 7) is 1.01. The molecular weight excluding hydrogens is 291 g/mol. The number of fused-ring (bicyclic) bond motifs is 1. The Labute approximate surface area is 121 Å². The number of halogens is 3. The van der Waals surface area contributed by atoms with Gasteiger partial charge in [-0.2, -0.15) is 0 Å². The molecule has 1 aromatic carbocycles. The van der Waals surface area contributed by atoms with Crippen molar-refractivity contribution in [2.24, 2.45) is 5.92 Å². The number of rotatable bonds is 4. The van der Waals surface area contributed by atoms with E-state index in [1.165, 1.54) is 12.8 Å². The van der Waals surface area contributed by atoms with E-state index < -0.39 is 0 Å². The molecule has 0 atom stereocenters. The van der Waals surface area contributed by atoms with Crippen LogP contribution in [0.1, 0.15) is 18.7 Å². The summed E-state index contributed by atoms with van der Waals surface area (Å²) >= 11 is 18.0. The molecule has 2 aromatic rings. The van der Waals surface area contributed by atoms with Crippen LogP contribution in [-0.4, -0.2) is 15.4 Å². The van der Waals surface area contributed by atoms with Gasteiger partial charge < -0.3 is 4.57 Å². The minimum absolute atomic E-state index is 0.553. The number of imidazole rings is 1. The number of hydrogen-bond donors (Lipinski definition) is 0. The van der Waals surface area contributed by atoms with Crippen molar-refractivity contribution >= 4 is 45.8 Å². The van der Waals surface area contributed by atoms with Crippen LogP contribution in [0.3, 0.4) is 0 Å². The van der Waals surface area contributed by atoms with Crippen molar-refractivity contribution in [3.05, 3.63) is 28.0 Å². The zero-order chi connectivity index (χ0) is 12.7. The van der Waals surface area contributed by atoms with Crippen molar-refractivity contribution in [1.29, 1.82) is 0 Å². The fraction of sp³-hybridized carbons (Fsp3) is 0.462. The Morgan fingerprint density at radius 2 is 1.94 bits per heavy atom. The van der Waals surface area contributed by atoms with Gasteiger partial charge in [0.2, 0.25) is 0 Å². The number of hydrogen-bond acceptors (Lipinski definition) is 1. The summed E-state index contributed by atoms with van der Waals surface area (Å²) in [5.41, 5.74) is 1.97. The predicted molar refractivity (Wildman–Crippen MR) is 76.9 cm³/mol. The van der Waals surface area contributed by atoms with E-state index in [1.54, 1.807) is 0 Å². The number of aryl methyl sites for hydroxylation is 1. The van der Waals surface area contributed by atoms with Crippen molar-refractivity contribution in [3.63, 3.8) is 0 Å². The van der Waals surface area contributed by atoms with Gasteiger partial charge in [-0.3, -0.25) is 0 Å². The molecule has 0 bridgehead atoms. The Hall–Kier alpha value is -0.440. The maximum absolute atomic E-state index is 6.10. The first-order valence-electron chi connectivity index (χ1n) is 6.09. The van der Waals surface area contributed by atoms with Gasteiger partial charge in [-0.15, -0.1) is 11.6 Å². The zero-order valence-corrected chi connectivity index (χ0v) is 12.1. The van der Waals surface area contributed by atoms with E-state index in [1.807, 2.05) is 12.1 Å². The minimum atomic E-state index is 0.553. The largest absolute Gasteiger partial charge is 0.328 e. The van der Waals surface area contributed by atoms with Gasteiger partial charge in [0, 0.05) is 18.8 Å². The van der Waals surface area contributed by atoms with Gasteiger partial charge in [0.05, 0.1) is 21.1 Å². The monoisotopic (exact) mass is 302 g/mol. The molecule has 1 aliphatic carbocycles. The molecular formula is C13H13Cl3N2. The average molecular weight is 304 g/mol. The lowest BCUT2D eigenvalue weighted by atomic mass is 10.3. The molecule has 3 rings (SSSR count). The fourth-order valence-electron chi connectivity index (χ4n) is 2.21. The molecule has 1 heterocycles. The molecule has 96 valence electrons. The van der Waals surface area contributed by atoms with Crippen LogP contribution in [0.15, 0.2) is 12.1 Å². The normalized spacial score (nSPS) is 15.5. The highest BCUT2D eigenvalue weighted by molar-refractivity contribution is 6.42. The van der Waals surface area contributed by atoms with Crippen LogP contribution in [0, 0.1) is 5.92 Å². The summed E-state index contributed by atoms with van der Waals surface area (Å²) in [5, 5.41) is 1.14. The Morgan fingerprint density at radius 3 is 2.61 bits per heavy atom. The number of nitrogens with zero attached hydrogens (tertiary/aromatic N) is 2. The lowest BCUT2D eigenvalue weighted by Gasteiger charge is -2.07. The van der Waals surface area contributed by atoms with E-state index in [2.05, 4.69) is 9.55 Å². The maximum atomic E-state index is 6.10. The van der Waals surface area contributed by atoms with Crippen LogP contribution in [0.2, 0.25) is 10.0 Å². The molecule has 0 saturated heterocycles. The second kappa shape index (κ2) is 4.92. The van der Waals surface area contributed by atoms with Gasteiger partial charge in [0.15, 0.2) is 0 Å². The molecule has 0 radical (unpaired) electrons. The van der Waals surface area contributed by atoms with E-state index in [-0.39, 0.29) is 0 Å².